The monoisotopic (exact) mass is 400 g/mol. The Hall–Kier alpha value is -2.47. The summed E-state index contributed by atoms with van der Waals surface area (Å²) < 4.78 is 5.23. The van der Waals surface area contributed by atoms with Crippen LogP contribution in [-0.2, 0) is 22.4 Å². The van der Waals surface area contributed by atoms with Gasteiger partial charge in [-0.15, -0.1) is 11.8 Å². The Morgan fingerprint density at radius 2 is 1.64 bits per heavy atom. The molecule has 0 aliphatic heterocycles. The van der Waals surface area contributed by atoms with E-state index in [2.05, 4.69) is 24.5 Å². The molecule has 0 radical (unpaired) electrons. The highest BCUT2D eigenvalue weighted by molar-refractivity contribution is 8.01. The second kappa shape index (κ2) is 10.8. The van der Waals surface area contributed by atoms with Crippen molar-refractivity contribution >= 4 is 35.0 Å². The van der Waals surface area contributed by atoms with Gasteiger partial charge in [0.05, 0.1) is 23.8 Å². The van der Waals surface area contributed by atoms with Crippen LogP contribution in [0.3, 0.4) is 0 Å². The van der Waals surface area contributed by atoms with Crippen LogP contribution in [-0.4, -0.2) is 29.9 Å². The predicted octanol–water partition coefficient (Wildman–Crippen LogP) is 4.52. The van der Waals surface area contributed by atoms with Gasteiger partial charge in [-0.25, -0.2) is 0 Å². The van der Waals surface area contributed by atoms with Gasteiger partial charge < -0.3 is 15.4 Å². The number of amides is 2. The molecule has 2 N–H and O–H groups in total. The summed E-state index contributed by atoms with van der Waals surface area (Å²) in [5.41, 5.74) is 3.78. The standard InChI is InChI=1S/C22H28N2O3S/c1-5-16-10-9-11-17(6-2)21(16)24-22(26)15(3)28-14-20(25)23-18-12-7-8-13-19(18)27-4/h7-13,15H,5-6,14H2,1-4H3,(H,23,25)(H,24,26). The normalized spacial score (nSPS) is 11.6. The Balaban J connectivity index is 1.93. The maximum absolute atomic E-state index is 12.6. The van der Waals surface area contributed by atoms with Crippen molar-refractivity contribution in [1.82, 2.24) is 0 Å². The molecule has 0 fully saturated rings. The Labute approximate surface area is 171 Å². The van der Waals surface area contributed by atoms with E-state index in [4.69, 9.17) is 4.74 Å². The highest BCUT2D eigenvalue weighted by Gasteiger charge is 2.18. The third-order valence-electron chi connectivity index (χ3n) is 4.46. The summed E-state index contributed by atoms with van der Waals surface area (Å²) in [6.07, 6.45) is 1.71. The van der Waals surface area contributed by atoms with E-state index in [1.807, 2.05) is 37.3 Å². The topological polar surface area (TPSA) is 67.4 Å². The van der Waals surface area contributed by atoms with Gasteiger partial charge in [-0.3, -0.25) is 9.59 Å². The molecule has 0 heterocycles. The third-order valence-corrected chi connectivity index (χ3v) is 5.60. The molecule has 0 bridgehead atoms. The van der Waals surface area contributed by atoms with Crippen LogP contribution in [0, 0.1) is 0 Å². The number of ether oxygens (including phenoxy) is 1. The lowest BCUT2D eigenvalue weighted by Gasteiger charge is -2.17. The number of carbonyl (C=O) groups excluding carboxylic acids is 2. The van der Waals surface area contributed by atoms with Gasteiger partial charge in [-0.05, 0) is 43.0 Å². The first-order chi connectivity index (χ1) is 13.5. The summed E-state index contributed by atoms with van der Waals surface area (Å²) in [4.78, 5) is 24.9. The van der Waals surface area contributed by atoms with Crippen LogP contribution < -0.4 is 15.4 Å². The molecule has 0 aromatic heterocycles. The summed E-state index contributed by atoms with van der Waals surface area (Å²) in [5, 5.41) is 5.54. The number of para-hydroxylation sites is 3. The lowest BCUT2D eigenvalue weighted by Crippen LogP contribution is -2.26. The van der Waals surface area contributed by atoms with Gasteiger partial charge in [0.2, 0.25) is 11.8 Å². The highest BCUT2D eigenvalue weighted by atomic mass is 32.2. The first-order valence-electron chi connectivity index (χ1n) is 9.46. The molecule has 0 spiro atoms. The Bertz CT molecular complexity index is 801. The molecule has 2 aromatic rings. The van der Waals surface area contributed by atoms with Crippen LogP contribution in [0.4, 0.5) is 11.4 Å². The first kappa shape index (κ1) is 21.8. The summed E-state index contributed by atoms with van der Waals surface area (Å²) in [5.74, 6) is 0.529. The van der Waals surface area contributed by atoms with Crippen molar-refractivity contribution < 1.29 is 14.3 Å². The van der Waals surface area contributed by atoms with Crippen molar-refractivity contribution in [3.8, 4) is 5.75 Å². The SMILES string of the molecule is CCc1cccc(CC)c1NC(=O)C(C)SCC(=O)Nc1ccccc1OC. The van der Waals surface area contributed by atoms with Gasteiger partial charge in [0.15, 0.2) is 0 Å². The number of anilines is 2. The molecule has 1 unspecified atom stereocenters. The lowest BCUT2D eigenvalue weighted by molar-refractivity contribution is -0.115. The third kappa shape index (κ3) is 5.76. The fourth-order valence-corrected chi connectivity index (χ4v) is 3.52. The van der Waals surface area contributed by atoms with Crippen molar-refractivity contribution in [3.63, 3.8) is 0 Å². The summed E-state index contributed by atoms with van der Waals surface area (Å²) >= 11 is 1.31. The first-order valence-corrected chi connectivity index (χ1v) is 10.5. The maximum atomic E-state index is 12.6. The zero-order valence-electron chi connectivity index (χ0n) is 16.9. The Kier molecular flexibility index (Phi) is 8.39. The predicted molar refractivity (Wildman–Crippen MR) is 117 cm³/mol. The van der Waals surface area contributed by atoms with Gasteiger partial charge in [0.1, 0.15) is 5.75 Å². The van der Waals surface area contributed by atoms with E-state index in [0.29, 0.717) is 11.4 Å². The van der Waals surface area contributed by atoms with Crippen molar-refractivity contribution in [1.29, 1.82) is 0 Å². The molecule has 2 rings (SSSR count). The lowest BCUT2D eigenvalue weighted by atomic mass is 10.0. The van der Waals surface area contributed by atoms with Gasteiger partial charge in [0.25, 0.3) is 0 Å². The van der Waals surface area contributed by atoms with Crippen LogP contribution in [0.5, 0.6) is 5.75 Å². The zero-order chi connectivity index (χ0) is 20.5. The molecule has 0 saturated carbocycles. The van der Waals surface area contributed by atoms with E-state index in [-0.39, 0.29) is 22.8 Å². The summed E-state index contributed by atoms with van der Waals surface area (Å²) in [7, 11) is 1.56. The molecule has 2 aromatic carbocycles. The van der Waals surface area contributed by atoms with E-state index in [1.54, 1.807) is 19.2 Å². The van der Waals surface area contributed by atoms with Crippen molar-refractivity contribution in [3.05, 3.63) is 53.6 Å². The fourth-order valence-electron chi connectivity index (χ4n) is 2.84. The Morgan fingerprint density at radius 3 is 2.25 bits per heavy atom. The molecular formula is C22H28N2O3S. The number of carbonyl (C=O) groups is 2. The van der Waals surface area contributed by atoms with Crippen molar-refractivity contribution in [2.45, 2.75) is 38.9 Å². The van der Waals surface area contributed by atoms with E-state index in [1.165, 1.54) is 11.8 Å². The summed E-state index contributed by atoms with van der Waals surface area (Å²) in [6.45, 7) is 5.96. The van der Waals surface area contributed by atoms with Crippen LogP contribution in [0.15, 0.2) is 42.5 Å². The number of hydrogen-bond acceptors (Lipinski definition) is 4. The average Bonchev–Trinajstić information content (AvgIpc) is 2.72. The number of nitrogens with one attached hydrogen (secondary N) is 2. The van der Waals surface area contributed by atoms with Crippen molar-refractivity contribution in [2.75, 3.05) is 23.5 Å². The number of hydrogen-bond donors (Lipinski definition) is 2. The number of thioether (sulfide) groups is 1. The molecule has 2 amide bonds. The van der Waals surface area contributed by atoms with Crippen molar-refractivity contribution in [2.24, 2.45) is 0 Å². The van der Waals surface area contributed by atoms with E-state index in [0.717, 1.165) is 29.7 Å². The quantitative estimate of drug-likeness (QED) is 0.649. The second-order valence-electron chi connectivity index (χ2n) is 6.35. The van der Waals surface area contributed by atoms with Gasteiger partial charge in [-0.1, -0.05) is 44.2 Å². The smallest absolute Gasteiger partial charge is 0.237 e. The van der Waals surface area contributed by atoms with E-state index in [9.17, 15) is 9.59 Å². The molecule has 0 aliphatic rings. The zero-order valence-corrected chi connectivity index (χ0v) is 17.7. The highest BCUT2D eigenvalue weighted by Crippen LogP contribution is 2.25. The van der Waals surface area contributed by atoms with Crippen LogP contribution in [0.1, 0.15) is 31.9 Å². The number of benzene rings is 2. The van der Waals surface area contributed by atoms with E-state index >= 15 is 0 Å². The second-order valence-corrected chi connectivity index (χ2v) is 7.68. The fraction of sp³-hybridized carbons (Fsp3) is 0.364. The number of methoxy groups -OCH3 is 1. The van der Waals surface area contributed by atoms with Crippen LogP contribution in [0.25, 0.3) is 0 Å². The minimum atomic E-state index is -0.349. The van der Waals surface area contributed by atoms with Crippen LogP contribution >= 0.6 is 11.8 Å². The van der Waals surface area contributed by atoms with Gasteiger partial charge in [-0.2, -0.15) is 0 Å². The number of rotatable bonds is 9. The average molecular weight is 401 g/mol. The Morgan fingerprint density at radius 1 is 1.00 bits per heavy atom. The molecule has 28 heavy (non-hydrogen) atoms. The largest absolute Gasteiger partial charge is 0.495 e. The maximum Gasteiger partial charge on any atom is 0.237 e. The molecule has 6 heteroatoms. The van der Waals surface area contributed by atoms with Gasteiger partial charge in [0, 0.05) is 5.69 Å². The van der Waals surface area contributed by atoms with E-state index < -0.39 is 0 Å². The molecule has 0 saturated heterocycles. The molecule has 5 nitrogen and oxygen atoms in total. The number of aryl methyl sites for hydroxylation is 2. The van der Waals surface area contributed by atoms with Crippen LogP contribution in [0.2, 0.25) is 0 Å². The molecular weight excluding hydrogens is 372 g/mol. The minimum absolute atomic E-state index is 0.0920. The molecule has 0 aliphatic carbocycles. The van der Waals surface area contributed by atoms with Gasteiger partial charge >= 0.3 is 0 Å². The molecule has 150 valence electrons. The minimum Gasteiger partial charge on any atom is -0.495 e. The molecule has 1 atom stereocenters. The summed E-state index contributed by atoms with van der Waals surface area (Å²) in [6, 6.07) is 13.3.